The summed E-state index contributed by atoms with van der Waals surface area (Å²) in [4.78, 5) is 22.7. The normalized spacial score (nSPS) is 10.7. The van der Waals surface area contributed by atoms with Gasteiger partial charge in [0.2, 0.25) is 0 Å². The molecule has 0 aromatic heterocycles. The fraction of sp³-hybridized carbons (Fsp3) is 0.412. The van der Waals surface area contributed by atoms with E-state index < -0.39 is 0 Å². The van der Waals surface area contributed by atoms with Crippen LogP contribution in [0.15, 0.2) is 42.5 Å². The maximum Gasteiger partial charge on any atom is 0.330 e. The van der Waals surface area contributed by atoms with Crippen LogP contribution in [0.2, 0.25) is 0 Å². The zero-order chi connectivity index (χ0) is 14.6. The van der Waals surface area contributed by atoms with Crippen LogP contribution in [0.4, 0.5) is 0 Å². The zero-order valence-corrected chi connectivity index (χ0v) is 12.0. The number of carbonyl (C=O) groups excluding carboxylic acids is 2. The Bertz CT molecular complexity index is 435. The van der Waals surface area contributed by atoms with E-state index in [2.05, 4.69) is 0 Å². The quantitative estimate of drug-likeness (QED) is 0.393. The lowest BCUT2D eigenvalue weighted by atomic mass is 10.0. The van der Waals surface area contributed by atoms with E-state index in [1.54, 1.807) is 13.0 Å². The molecule has 0 heterocycles. The molecule has 0 aliphatic heterocycles. The Morgan fingerprint density at radius 1 is 1.15 bits per heavy atom. The molecule has 0 saturated heterocycles. The van der Waals surface area contributed by atoms with Gasteiger partial charge in [-0.15, -0.1) is 0 Å². The molecule has 20 heavy (non-hydrogen) atoms. The van der Waals surface area contributed by atoms with E-state index in [0.29, 0.717) is 19.4 Å². The SMILES string of the molecule is CCOC(=O)/C=C/CCCC(=O)CCc1ccccc1. The van der Waals surface area contributed by atoms with Gasteiger partial charge in [0.15, 0.2) is 0 Å². The Hall–Kier alpha value is -1.90. The molecule has 0 aliphatic carbocycles. The summed E-state index contributed by atoms with van der Waals surface area (Å²) in [5, 5.41) is 0. The number of hydrogen-bond acceptors (Lipinski definition) is 3. The second-order valence-corrected chi connectivity index (χ2v) is 4.57. The van der Waals surface area contributed by atoms with Crippen molar-refractivity contribution in [1.29, 1.82) is 0 Å². The van der Waals surface area contributed by atoms with Crippen LogP contribution in [-0.2, 0) is 20.7 Å². The average molecular weight is 274 g/mol. The van der Waals surface area contributed by atoms with Crippen LogP contribution >= 0.6 is 0 Å². The van der Waals surface area contributed by atoms with Gasteiger partial charge in [0.05, 0.1) is 6.61 Å². The van der Waals surface area contributed by atoms with Gasteiger partial charge in [-0.1, -0.05) is 36.4 Å². The third-order valence-corrected chi connectivity index (χ3v) is 2.90. The molecule has 1 rings (SSSR count). The molecule has 0 N–H and O–H groups in total. The summed E-state index contributed by atoms with van der Waals surface area (Å²) >= 11 is 0. The largest absolute Gasteiger partial charge is 0.463 e. The standard InChI is InChI=1S/C17H22O3/c1-2-20-17(19)12-8-4-7-11-16(18)14-13-15-9-5-3-6-10-15/h3,5-6,8-10,12H,2,4,7,11,13-14H2,1H3/b12-8+. The first kappa shape index (κ1) is 16.2. The molecular formula is C17H22O3. The lowest BCUT2D eigenvalue weighted by Gasteiger charge is -2.00. The Balaban J connectivity index is 2.10. The van der Waals surface area contributed by atoms with E-state index in [-0.39, 0.29) is 11.8 Å². The summed E-state index contributed by atoms with van der Waals surface area (Å²) in [6.07, 6.45) is 6.67. The lowest BCUT2D eigenvalue weighted by Crippen LogP contribution is -2.00. The highest BCUT2D eigenvalue weighted by atomic mass is 16.5. The lowest BCUT2D eigenvalue weighted by molar-refractivity contribution is -0.137. The molecule has 1 aromatic rings. The monoisotopic (exact) mass is 274 g/mol. The number of allylic oxidation sites excluding steroid dienone is 1. The molecule has 3 nitrogen and oxygen atoms in total. The third kappa shape index (κ3) is 7.52. The van der Waals surface area contributed by atoms with E-state index >= 15 is 0 Å². The molecule has 0 aliphatic rings. The molecule has 0 saturated carbocycles. The summed E-state index contributed by atoms with van der Waals surface area (Å²) in [7, 11) is 0. The summed E-state index contributed by atoms with van der Waals surface area (Å²) < 4.78 is 4.76. The number of ketones is 1. The Kier molecular flexibility index (Phi) is 8.04. The summed E-state index contributed by atoms with van der Waals surface area (Å²) in [5.41, 5.74) is 1.20. The van der Waals surface area contributed by atoms with Gasteiger partial charge >= 0.3 is 5.97 Å². The topological polar surface area (TPSA) is 43.4 Å². The van der Waals surface area contributed by atoms with Gasteiger partial charge in [-0.05, 0) is 31.7 Å². The molecule has 1 aromatic carbocycles. The van der Waals surface area contributed by atoms with Crippen molar-refractivity contribution < 1.29 is 14.3 Å². The first-order chi connectivity index (χ1) is 9.72. The van der Waals surface area contributed by atoms with E-state index in [1.165, 1.54) is 11.6 Å². The Labute approximate surface area is 120 Å². The van der Waals surface area contributed by atoms with Gasteiger partial charge in [0.25, 0.3) is 0 Å². The average Bonchev–Trinajstić information content (AvgIpc) is 2.46. The first-order valence-electron chi connectivity index (χ1n) is 7.11. The minimum absolute atomic E-state index is 0.276. The minimum atomic E-state index is -0.317. The number of esters is 1. The number of aryl methyl sites for hydroxylation is 1. The summed E-state index contributed by atoms with van der Waals surface area (Å²) in [6, 6.07) is 10.0. The molecule has 108 valence electrons. The predicted molar refractivity (Wildman–Crippen MR) is 79.4 cm³/mol. The Morgan fingerprint density at radius 3 is 2.60 bits per heavy atom. The molecule has 0 radical (unpaired) electrons. The van der Waals surface area contributed by atoms with Crippen molar-refractivity contribution in [2.45, 2.75) is 39.0 Å². The molecule has 3 heteroatoms. The zero-order valence-electron chi connectivity index (χ0n) is 12.0. The van der Waals surface area contributed by atoms with Crippen molar-refractivity contribution in [3.63, 3.8) is 0 Å². The maximum absolute atomic E-state index is 11.7. The van der Waals surface area contributed by atoms with Gasteiger partial charge < -0.3 is 4.74 Å². The summed E-state index contributed by atoms with van der Waals surface area (Å²) in [6.45, 7) is 2.16. The highest BCUT2D eigenvalue weighted by molar-refractivity contribution is 5.81. The van der Waals surface area contributed by atoms with Crippen LogP contribution in [0.3, 0.4) is 0 Å². The van der Waals surface area contributed by atoms with Gasteiger partial charge in [-0.25, -0.2) is 4.79 Å². The molecule has 0 fully saturated rings. The van der Waals surface area contributed by atoms with Crippen molar-refractivity contribution in [2.24, 2.45) is 0 Å². The number of benzene rings is 1. The first-order valence-corrected chi connectivity index (χ1v) is 7.11. The molecule has 0 atom stereocenters. The van der Waals surface area contributed by atoms with Crippen LogP contribution in [0.25, 0.3) is 0 Å². The fourth-order valence-electron chi connectivity index (χ4n) is 1.84. The molecule has 0 spiro atoms. The number of ether oxygens (including phenoxy) is 1. The number of Topliss-reactive ketones (excluding diaryl/α,β-unsaturated/α-hetero) is 1. The van der Waals surface area contributed by atoms with Crippen LogP contribution in [0.5, 0.6) is 0 Å². The van der Waals surface area contributed by atoms with Gasteiger partial charge in [0, 0.05) is 18.9 Å². The molecular weight excluding hydrogens is 252 g/mol. The smallest absolute Gasteiger partial charge is 0.330 e. The van der Waals surface area contributed by atoms with Crippen molar-refractivity contribution in [2.75, 3.05) is 6.61 Å². The summed E-state index contributed by atoms with van der Waals surface area (Å²) in [5.74, 6) is -0.0405. The highest BCUT2D eigenvalue weighted by Gasteiger charge is 2.02. The molecule has 0 bridgehead atoms. The second kappa shape index (κ2) is 9.96. The number of carbonyl (C=O) groups is 2. The molecule has 0 unspecified atom stereocenters. The highest BCUT2D eigenvalue weighted by Crippen LogP contribution is 2.06. The Morgan fingerprint density at radius 2 is 1.90 bits per heavy atom. The minimum Gasteiger partial charge on any atom is -0.463 e. The number of unbranched alkanes of at least 4 members (excludes halogenated alkanes) is 1. The van der Waals surface area contributed by atoms with Gasteiger partial charge in [0.1, 0.15) is 5.78 Å². The predicted octanol–water partition coefficient (Wildman–Crippen LogP) is 3.48. The van der Waals surface area contributed by atoms with Crippen molar-refractivity contribution in [3.8, 4) is 0 Å². The fourth-order valence-corrected chi connectivity index (χ4v) is 1.84. The molecule has 0 amide bonds. The van der Waals surface area contributed by atoms with E-state index in [9.17, 15) is 9.59 Å². The van der Waals surface area contributed by atoms with Crippen LogP contribution in [-0.4, -0.2) is 18.4 Å². The van der Waals surface area contributed by atoms with E-state index in [1.807, 2.05) is 30.3 Å². The van der Waals surface area contributed by atoms with Crippen LogP contribution in [0.1, 0.15) is 38.2 Å². The maximum atomic E-state index is 11.7. The second-order valence-electron chi connectivity index (χ2n) is 4.57. The van der Waals surface area contributed by atoms with Crippen molar-refractivity contribution in [3.05, 3.63) is 48.0 Å². The number of hydrogen-bond donors (Lipinski definition) is 0. The van der Waals surface area contributed by atoms with Gasteiger partial charge in [-0.3, -0.25) is 4.79 Å². The number of rotatable bonds is 9. The van der Waals surface area contributed by atoms with Crippen LogP contribution < -0.4 is 0 Å². The third-order valence-electron chi connectivity index (χ3n) is 2.90. The van der Waals surface area contributed by atoms with Crippen LogP contribution in [0, 0.1) is 0 Å². The van der Waals surface area contributed by atoms with E-state index in [4.69, 9.17) is 4.74 Å². The van der Waals surface area contributed by atoms with Crippen molar-refractivity contribution >= 4 is 11.8 Å². The van der Waals surface area contributed by atoms with Gasteiger partial charge in [-0.2, -0.15) is 0 Å². The van der Waals surface area contributed by atoms with E-state index in [0.717, 1.165) is 19.3 Å². The van der Waals surface area contributed by atoms with Crippen molar-refractivity contribution in [1.82, 2.24) is 0 Å².